The summed E-state index contributed by atoms with van der Waals surface area (Å²) in [6, 6.07) is -2.45. The van der Waals surface area contributed by atoms with E-state index in [0.717, 1.165) is 14.1 Å². The Morgan fingerprint density at radius 3 is 3.15 bits per heavy atom. The highest BCUT2D eigenvalue weighted by Gasteiger charge is 2.11. The molecule has 0 bridgehead atoms. The number of H-pyrrole nitrogens is 1. The largest absolute Gasteiger partial charge is 0.361 e. The van der Waals surface area contributed by atoms with E-state index in [1.807, 2.05) is 0 Å². The minimum absolute atomic E-state index is 0.0787. The van der Waals surface area contributed by atoms with Gasteiger partial charge in [0, 0.05) is 33.2 Å². The second kappa shape index (κ2) is 5.95. The Balaban J connectivity index is 3.01. The molecule has 2 N–H and O–H groups in total. The van der Waals surface area contributed by atoms with Crippen molar-refractivity contribution in [3.63, 3.8) is 0 Å². The highest BCUT2D eigenvalue weighted by Crippen LogP contribution is 2.21. The second-order valence-corrected chi connectivity index (χ2v) is 5.70. The van der Waals surface area contributed by atoms with Crippen molar-refractivity contribution in [3.05, 3.63) is 35.4 Å². The Morgan fingerprint density at radius 2 is 2.45 bits per heavy atom. The van der Waals surface area contributed by atoms with Crippen molar-refractivity contribution in [1.82, 2.24) is 14.6 Å². The smallest absolute Gasteiger partial charge is 0.215 e. The van der Waals surface area contributed by atoms with Crippen LogP contribution in [0.1, 0.15) is 26.2 Å². The molecule has 2 rings (SSSR count). The molecule has 0 radical (unpaired) electrons. The van der Waals surface area contributed by atoms with Crippen LogP contribution in [0.25, 0.3) is 10.9 Å². The molecule has 0 atom stereocenters. The van der Waals surface area contributed by atoms with E-state index in [1.54, 1.807) is 0 Å². The first kappa shape index (κ1) is 5.44. The van der Waals surface area contributed by atoms with E-state index in [2.05, 4.69) is 0 Å². The van der Waals surface area contributed by atoms with Gasteiger partial charge in [0.2, 0.25) is 10.0 Å². The van der Waals surface area contributed by atoms with Gasteiger partial charge in [-0.3, -0.25) is 0 Å². The molecule has 0 spiro atoms. The van der Waals surface area contributed by atoms with Gasteiger partial charge in [-0.25, -0.2) is 13.1 Å². The summed E-state index contributed by atoms with van der Waals surface area (Å²) in [6.07, 6.45) is -4.34. The molecule has 0 aliphatic heterocycles. The SMILES string of the molecule is [2H]c1c(CS(=O)(=O)N([2H])C)c([2H])c2c(C([2H])([2H])C([2H])([2H])N(C)C([2H])([2H])[2H])c([2H])n([2H])c2c1[2H]. The number of hydrogen-bond acceptors (Lipinski definition) is 3. The summed E-state index contributed by atoms with van der Waals surface area (Å²) in [5, 5.41) is -0.665. The number of aryl methyl sites for hydroxylation is 1. The van der Waals surface area contributed by atoms with Gasteiger partial charge in [0.25, 0.3) is 0 Å². The summed E-state index contributed by atoms with van der Waals surface area (Å²) in [5.74, 6) is -1.09. The molecule has 5 nitrogen and oxygen atoms in total. The standard InChI is InChI=1S/C14H21N3O2S/c1-15-20(18,19)10-11-4-5-14-13(8-11)12(9-16-14)6-7-17(2)3/h4-5,8-9,15-16H,6-7,10H2,1-3H3/i2D3,4D,5D,6D2,7D2,8D,9D/hD2. The number of aromatic amines is 1. The zero-order valence-corrected chi connectivity index (χ0v) is 11.6. The van der Waals surface area contributed by atoms with Crippen LogP contribution in [0.4, 0.5) is 0 Å². The first-order valence-corrected chi connectivity index (χ1v) is 7.06. The summed E-state index contributed by atoms with van der Waals surface area (Å²) in [4.78, 5) is 0.318. The fourth-order valence-corrected chi connectivity index (χ4v) is 2.06. The molecule has 6 heteroatoms. The van der Waals surface area contributed by atoms with Crippen LogP contribution in [0.15, 0.2) is 24.3 Å². The lowest BCUT2D eigenvalue weighted by atomic mass is 10.1. The lowest BCUT2D eigenvalue weighted by Crippen LogP contribution is -2.20. The monoisotopic (exact) mass is 308 g/mol. The average molecular weight is 308 g/mol. The first-order valence-electron chi connectivity index (χ1n) is 11.8. The van der Waals surface area contributed by atoms with Gasteiger partial charge >= 0.3 is 0 Å². The van der Waals surface area contributed by atoms with Crippen molar-refractivity contribution >= 4 is 20.9 Å². The summed E-state index contributed by atoms with van der Waals surface area (Å²) in [6.45, 7) is -6.42. The summed E-state index contributed by atoms with van der Waals surface area (Å²) in [7, 11) is -2.70. The third-order valence-corrected chi connectivity index (χ3v) is 3.54. The average Bonchev–Trinajstić information content (AvgIpc) is 2.93. The van der Waals surface area contributed by atoms with E-state index in [9.17, 15) is 8.42 Å². The highest BCUT2D eigenvalue weighted by molar-refractivity contribution is 7.88. The number of sulfonamides is 1. The molecular formula is C14H21N3O2S. The van der Waals surface area contributed by atoms with Crippen LogP contribution in [0.2, 0.25) is 2.82 Å². The van der Waals surface area contributed by atoms with Crippen LogP contribution in [0.3, 0.4) is 0 Å². The van der Waals surface area contributed by atoms with Gasteiger partial charge in [-0.05, 0) is 50.7 Å². The minimum Gasteiger partial charge on any atom is -0.361 e. The number of rotatable bonds is 6. The lowest BCUT2D eigenvalue weighted by Gasteiger charge is -2.08. The van der Waals surface area contributed by atoms with Crippen molar-refractivity contribution in [2.75, 3.05) is 27.6 Å². The number of fused-ring (bicyclic) bond motifs is 1. The zero-order valence-electron chi connectivity index (χ0n) is 23.8. The van der Waals surface area contributed by atoms with Gasteiger partial charge in [0.1, 0.15) is 1.41 Å². The molecule has 20 heavy (non-hydrogen) atoms. The maximum atomic E-state index is 12.2. The molecule has 0 amide bonds. The lowest BCUT2D eigenvalue weighted by molar-refractivity contribution is 0.414. The van der Waals surface area contributed by atoms with E-state index < -0.39 is 82.0 Å². The normalized spacial score (nSPS) is 24.1. The molecule has 0 fully saturated rings. The fraction of sp³-hybridized carbons (Fsp3) is 0.429. The van der Waals surface area contributed by atoms with Gasteiger partial charge in [-0.1, -0.05) is 6.04 Å². The van der Waals surface area contributed by atoms with Gasteiger partial charge in [0.15, 0.2) is 1.41 Å². The van der Waals surface area contributed by atoms with Crippen LogP contribution >= 0.6 is 0 Å². The van der Waals surface area contributed by atoms with Crippen LogP contribution in [-0.4, -0.2) is 45.9 Å². The number of nitrogens with zero attached hydrogens (tertiary/aromatic N) is 1. The maximum Gasteiger partial charge on any atom is 0.215 e. The Bertz CT molecular complexity index is 1200. The Kier molecular flexibility index (Phi) is 1.62. The fourth-order valence-electron chi connectivity index (χ4n) is 1.42. The van der Waals surface area contributed by atoms with E-state index in [4.69, 9.17) is 17.9 Å². The van der Waals surface area contributed by atoms with Crippen molar-refractivity contribution in [1.29, 1.82) is 0 Å². The second-order valence-electron chi connectivity index (χ2n) is 3.88. The Morgan fingerprint density at radius 1 is 1.65 bits per heavy atom. The molecule has 110 valence electrons. The minimum atomic E-state index is -4.37. The van der Waals surface area contributed by atoms with Crippen molar-refractivity contribution in [3.8, 4) is 0 Å². The Hall–Kier alpha value is -1.37. The van der Waals surface area contributed by atoms with Crippen LogP contribution in [-0.2, 0) is 22.1 Å². The van der Waals surface area contributed by atoms with Gasteiger partial charge in [-0.2, -0.15) is 0 Å². The van der Waals surface area contributed by atoms with E-state index in [-0.39, 0.29) is 14.6 Å². The quantitative estimate of drug-likeness (QED) is 0.846. The molecular weight excluding hydrogens is 274 g/mol. The predicted octanol–water partition coefficient (Wildman–Crippen LogP) is 1.32. The van der Waals surface area contributed by atoms with E-state index >= 15 is 0 Å². The highest BCUT2D eigenvalue weighted by atomic mass is 32.2. The van der Waals surface area contributed by atoms with Crippen LogP contribution < -0.4 is 4.72 Å². The first-order chi connectivity index (χ1) is 14.6. The summed E-state index contributed by atoms with van der Waals surface area (Å²) >= 11 is 0. The number of benzene rings is 1. The molecule has 1 heterocycles. The number of aromatic nitrogens is 1. The van der Waals surface area contributed by atoms with E-state index in [0.29, 0.717) is 0 Å². The third-order valence-electron chi connectivity index (χ3n) is 2.33. The molecule has 1 aromatic carbocycles. The summed E-state index contributed by atoms with van der Waals surface area (Å²) < 4.78 is 128. The topological polar surface area (TPSA) is 65.2 Å². The molecule has 0 saturated carbocycles. The van der Waals surface area contributed by atoms with Gasteiger partial charge < -0.3 is 9.88 Å². The molecule has 0 unspecified atom stereocenters. The van der Waals surface area contributed by atoms with Gasteiger partial charge in [0.05, 0.1) is 11.2 Å². The van der Waals surface area contributed by atoms with Crippen LogP contribution in [0, 0.1) is 0 Å². The van der Waals surface area contributed by atoms with Crippen molar-refractivity contribution < 1.29 is 26.3 Å². The molecule has 2 aromatic rings. The van der Waals surface area contributed by atoms with E-state index in [1.165, 1.54) is 0 Å². The molecule has 0 aliphatic rings. The maximum absolute atomic E-state index is 12.2. The third kappa shape index (κ3) is 3.59. The number of nitrogens with one attached hydrogen (secondary N) is 2. The molecule has 0 aliphatic carbocycles. The summed E-state index contributed by atoms with van der Waals surface area (Å²) in [5.41, 5.74) is -2.16. The molecule has 1 aromatic heterocycles. The predicted molar refractivity (Wildman–Crippen MR) is 82.2 cm³/mol. The van der Waals surface area contributed by atoms with Crippen molar-refractivity contribution in [2.45, 2.75) is 12.1 Å². The number of likely N-dealkylation sites (N-methyl/N-ethyl adjacent to an activating group) is 1. The zero-order chi connectivity index (χ0) is 26.1. The number of hydrogen-bond donors (Lipinski definition) is 2. The Labute approximate surface area is 138 Å². The van der Waals surface area contributed by atoms with Gasteiger partial charge in [-0.15, -0.1) is 0 Å². The molecule has 0 saturated heterocycles. The van der Waals surface area contributed by atoms with Crippen LogP contribution in [0.5, 0.6) is 0 Å². The van der Waals surface area contributed by atoms with Crippen molar-refractivity contribution in [2.24, 2.45) is 0 Å².